The fourth-order valence-electron chi connectivity index (χ4n) is 1.47. The summed E-state index contributed by atoms with van der Waals surface area (Å²) >= 11 is 0. The molecule has 2 N–H and O–H groups in total. The summed E-state index contributed by atoms with van der Waals surface area (Å²) in [7, 11) is 0. The van der Waals surface area contributed by atoms with E-state index in [-0.39, 0.29) is 11.1 Å². The highest BCUT2D eigenvalue weighted by atomic mass is 16.5. The number of carboxylic acid groups (broad SMARTS) is 2. The summed E-state index contributed by atoms with van der Waals surface area (Å²) in [5, 5.41) is 18.0. The molecule has 0 aliphatic heterocycles. The van der Waals surface area contributed by atoms with E-state index in [1.54, 1.807) is 0 Å². The fourth-order valence-corrected chi connectivity index (χ4v) is 1.47. The van der Waals surface area contributed by atoms with E-state index in [9.17, 15) is 9.59 Å². The Bertz CT molecular complexity index is 366. The Labute approximate surface area is 113 Å². The first-order valence-corrected chi connectivity index (χ1v) is 6.39. The molecule has 0 bridgehead atoms. The van der Waals surface area contributed by atoms with Gasteiger partial charge in [-0.05, 0) is 26.7 Å². The number of aliphatic carboxylic acids is 2. The predicted molar refractivity (Wildman–Crippen MR) is 71.6 cm³/mol. The second-order valence-electron chi connectivity index (χ2n) is 4.31. The molecule has 0 fully saturated rings. The van der Waals surface area contributed by atoms with Crippen LogP contribution in [0.1, 0.15) is 53.4 Å². The van der Waals surface area contributed by atoms with Crippen LogP contribution in [0.25, 0.3) is 0 Å². The van der Waals surface area contributed by atoms with Gasteiger partial charge in [-0.15, -0.1) is 0 Å². The Morgan fingerprint density at radius 2 is 1.16 bits per heavy atom. The molecule has 0 aliphatic carbocycles. The van der Waals surface area contributed by atoms with Crippen LogP contribution in [0.2, 0.25) is 0 Å². The molecule has 5 heteroatoms. The quantitative estimate of drug-likeness (QED) is 0.522. The normalized spacial score (nSPS) is 13.5. The lowest BCUT2D eigenvalue weighted by molar-refractivity contribution is -0.133. The Morgan fingerprint density at radius 3 is 1.37 bits per heavy atom. The van der Waals surface area contributed by atoms with E-state index in [0.717, 1.165) is 12.8 Å². The monoisotopic (exact) mass is 270 g/mol. The summed E-state index contributed by atoms with van der Waals surface area (Å²) in [5.41, 5.74) is 0.238. The molecule has 0 aliphatic rings. The van der Waals surface area contributed by atoms with E-state index in [4.69, 9.17) is 14.9 Å². The van der Waals surface area contributed by atoms with Gasteiger partial charge in [-0.25, -0.2) is 9.59 Å². The van der Waals surface area contributed by atoms with E-state index in [1.165, 1.54) is 13.8 Å². The zero-order valence-electron chi connectivity index (χ0n) is 11.9. The summed E-state index contributed by atoms with van der Waals surface area (Å²) in [6, 6.07) is 0. The first-order valence-electron chi connectivity index (χ1n) is 6.39. The Kier molecular flexibility index (Phi) is 7.56. The molecule has 0 amide bonds. The summed E-state index contributed by atoms with van der Waals surface area (Å²) < 4.78 is 5.58. The van der Waals surface area contributed by atoms with Crippen LogP contribution in [-0.4, -0.2) is 22.2 Å². The van der Waals surface area contributed by atoms with Gasteiger partial charge in [0.05, 0.1) is 11.1 Å². The molecular weight excluding hydrogens is 248 g/mol. The molecule has 0 aromatic carbocycles. The lowest BCUT2D eigenvalue weighted by Crippen LogP contribution is -2.08. The Morgan fingerprint density at radius 1 is 0.842 bits per heavy atom. The summed E-state index contributed by atoms with van der Waals surface area (Å²) in [4.78, 5) is 22.0. The van der Waals surface area contributed by atoms with Gasteiger partial charge >= 0.3 is 11.9 Å². The van der Waals surface area contributed by atoms with Gasteiger partial charge in [0.1, 0.15) is 11.5 Å². The van der Waals surface area contributed by atoms with Crippen LogP contribution in [0, 0.1) is 0 Å². The van der Waals surface area contributed by atoms with Crippen LogP contribution in [0.4, 0.5) is 0 Å². The minimum absolute atomic E-state index is 0.119. The van der Waals surface area contributed by atoms with Crippen molar-refractivity contribution >= 4 is 11.9 Å². The van der Waals surface area contributed by atoms with Crippen LogP contribution < -0.4 is 0 Å². The second-order valence-corrected chi connectivity index (χ2v) is 4.31. The number of carbonyl (C=O) groups is 2. The molecule has 0 spiro atoms. The number of hydrogen-bond donors (Lipinski definition) is 2. The molecule has 0 saturated carbocycles. The minimum atomic E-state index is -1.05. The van der Waals surface area contributed by atoms with E-state index in [1.807, 2.05) is 13.8 Å². The summed E-state index contributed by atoms with van der Waals surface area (Å²) in [6.07, 6.45) is 2.40. The zero-order valence-corrected chi connectivity index (χ0v) is 11.9. The number of carboxylic acids is 2. The lowest BCUT2D eigenvalue weighted by Gasteiger charge is -2.15. The largest absolute Gasteiger partial charge is 0.478 e. The van der Waals surface area contributed by atoms with Gasteiger partial charge < -0.3 is 14.9 Å². The van der Waals surface area contributed by atoms with Gasteiger partial charge in [-0.2, -0.15) is 0 Å². The minimum Gasteiger partial charge on any atom is -0.478 e. The average molecular weight is 270 g/mol. The van der Waals surface area contributed by atoms with E-state index in [2.05, 4.69) is 0 Å². The maximum Gasteiger partial charge on any atom is 0.334 e. The molecule has 0 unspecified atom stereocenters. The van der Waals surface area contributed by atoms with Crippen molar-refractivity contribution in [3.63, 3.8) is 0 Å². The SMILES string of the molecule is CCCC(OC(CCC)=C(C)C(=O)O)=C(C)C(=O)O. The number of allylic oxidation sites excluding steroid dienone is 2. The first-order chi connectivity index (χ1) is 8.84. The maximum atomic E-state index is 11.0. The van der Waals surface area contributed by atoms with Crippen molar-refractivity contribution < 1.29 is 24.5 Å². The standard InChI is InChI=1S/C14H22O5/c1-5-7-11(9(3)13(15)16)19-12(8-6-2)10(4)14(17)18/h5-8H2,1-4H3,(H,15,16)(H,17,18). The van der Waals surface area contributed by atoms with Gasteiger partial charge in [0, 0.05) is 12.8 Å². The van der Waals surface area contributed by atoms with Crippen molar-refractivity contribution in [1.29, 1.82) is 0 Å². The zero-order chi connectivity index (χ0) is 15.0. The highest BCUT2D eigenvalue weighted by Crippen LogP contribution is 2.22. The number of hydrogen-bond acceptors (Lipinski definition) is 3. The van der Waals surface area contributed by atoms with Crippen molar-refractivity contribution in [3.05, 3.63) is 22.7 Å². The van der Waals surface area contributed by atoms with Crippen LogP contribution in [-0.2, 0) is 14.3 Å². The topological polar surface area (TPSA) is 83.8 Å². The Balaban J connectivity index is 5.41. The van der Waals surface area contributed by atoms with Crippen LogP contribution in [0.5, 0.6) is 0 Å². The predicted octanol–water partition coefficient (Wildman–Crippen LogP) is 3.32. The molecule has 0 aromatic heterocycles. The summed E-state index contributed by atoms with van der Waals surface area (Å²) in [5.74, 6) is -1.43. The van der Waals surface area contributed by atoms with Crippen LogP contribution >= 0.6 is 0 Å². The highest BCUT2D eigenvalue weighted by Gasteiger charge is 2.16. The third kappa shape index (κ3) is 5.59. The van der Waals surface area contributed by atoms with Crippen molar-refractivity contribution in [3.8, 4) is 0 Å². The average Bonchev–Trinajstić information content (AvgIpc) is 2.35. The van der Waals surface area contributed by atoms with E-state index in [0.29, 0.717) is 24.4 Å². The fraction of sp³-hybridized carbons (Fsp3) is 0.571. The number of rotatable bonds is 8. The highest BCUT2D eigenvalue weighted by molar-refractivity contribution is 5.87. The third-order valence-electron chi connectivity index (χ3n) is 2.68. The van der Waals surface area contributed by atoms with Gasteiger partial charge in [-0.3, -0.25) is 0 Å². The van der Waals surface area contributed by atoms with Gasteiger partial charge in [0.25, 0.3) is 0 Å². The van der Waals surface area contributed by atoms with E-state index >= 15 is 0 Å². The van der Waals surface area contributed by atoms with Gasteiger partial charge in [0.15, 0.2) is 0 Å². The summed E-state index contributed by atoms with van der Waals surface area (Å²) in [6.45, 7) is 6.75. The van der Waals surface area contributed by atoms with Crippen molar-refractivity contribution in [2.45, 2.75) is 53.4 Å². The molecule has 0 atom stereocenters. The Hall–Kier alpha value is -1.78. The molecule has 19 heavy (non-hydrogen) atoms. The lowest BCUT2D eigenvalue weighted by atomic mass is 10.1. The third-order valence-corrected chi connectivity index (χ3v) is 2.68. The first kappa shape index (κ1) is 17.2. The molecule has 5 nitrogen and oxygen atoms in total. The molecular formula is C14H22O5. The van der Waals surface area contributed by atoms with Crippen molar-refractivity contribution in [2.75, 3.05) is 0 Å². The van der Waals surface area contributed by atoms with Crippen molar-refractivity contribution in [1.82, 2.24) is 0 Å². The van der Waals surface area contributed by atoms with Crippen LogP contribution in [0.3, 0.4) is 0 Å². The molecule has 108 valence electrons. The number of ether oxygens (including phenoxy) is 1. The van der Waals surface area contributed by atoms with Crippen LogP contribution in [0.15, 0.2) is 22.7 Å². The molecule has 0 rings (SSSR count). The molecule has 0 heterocycles. The van der Waals surface area contributed by atoms with Gasteiger partial charge in [0.2, 0.25) is 0 Å². The smallest absolute Gasteiger partial charge is 0.334 e. The van der Waals surface area contributed by atoms with Crippen molar-refractivity contribution in [2.24, 2.45) is 0 Å². The maximum absolute atomic E-state index is 11.0. The van der Waals surface area contributed by atoms with E-state index < -0.39 is 11.9 Å². The second kappa shape index (κ2) is 8.34. The molecule has 0 saturated heterocycles. The molecule has 0 radical (unpaired) electrons. The van der Waals surface area contributed by atoms with Gasteiger partial charge in [-0.1, -0.05) is 13.8 Å². The molecule has 0 aromatic rings.